The molecule has 17 heavy (non-hydrogen) atoms. The number of rotatable bonds is 3. The van der Waals surface area contributed by atoms with Crippen LogP contribution in [0.1, 0.15) is 12.0 Å². The molecule has 2 saturated heterocycles. The summed E-state index contributed by atoms with van der Waals surface area (Å²) in [7, 11) is 0. The molecule has 2 unspecified atom stereocenters. The summed E-state index contributed by atoms with van der Waals surface area (Å²) in [5.41, 5.74) is 7.63. The molecule has 4 nitrogen and oxygen atoms in total. The van der Waals surface area contributed by atoms with Crippen molar-refractivity contribution in [2.24, 2.45) is 0 Å². The Morgan fingerprint density at radius 3 is 2.76 bits per heavy atom. The van der Waals surface area contributed by atoms with Crippen molar-refractivity contribution in [3.05, 3.63) is 29.8 Å². The summed E-state index contributed by atoms with van der Waals surface area (Å²) in [5, 5.41) is 0. The number of nitrogens with zero attached hydrogens (tertiary/aromatic N) is 1. The van der Waals surface area contributed by atoms with Gasteiger partial charge in [-0.15, -0.1) is 0 Å². The predicted octanol–water partition coefficient (Wildman–Crippen LogP) is 0.811. The molecule has 2 atom stereocenters. The first-order chi connectivity index (χ1) is 8.24. The van der Waals surface area contributed by atoms with Gasteiger partial charge in [-0.2, -0.15) is 0 Å². The number of carbonyl (C=O) groups is 1. The van der Waals surface area contributed by atoms with Gasteiger partial charge in [-0.25, -0.2) is 0 Å². The van der Waals surface area contributed by atoms with Crippen LogP contribution in [0.3, 0.4) is 0 Å². The van der Waals surface area contributed by atoms with Crippen LogP contribution in [0.5, 0.6) is 0 Å². The van der Waals surface area contributed by atoms with Crippen molar-refractivity contribution in [2.75, 3.05) is 18.9 Å². The molecular formula is C13H16N2O2. The highest BCUT2D eigenvalue weighted by Crippen LogP contribution is 2.29. The van der Waals surface area contributed by atoms with Gasteiger partial charge in [0.05, 0.1) is 12.6 Å². The van der Waals surface area contributed by atoms with Crippen LogP contribution in [-0.4, -0.2) is 36.1 Å². The zero-order chi connectivity index (χ0) is 11.8. The van der Waals surface area contributed by atoms with E-state index in [0.29, 0.717) is 12.6 Å². The van der Waals surface area contributed by atoms with Crippen molar-refractivity contribution in [1.82, 2.24) is 4.90 Å². The van der Waals surface area contributed by atoms with Crippen LogP contribution in [0, 0.1) is 0 Å². The Morgan fingerprint density at radius 1 is 1.35 bits per heavy atom. The Kier molecular flexibility index (Phi) is 2.52. The zero-order valence-corrected chi connectivity index (χ0v) is 9.63. The minimum absolute atomic E-state index is 0.161. The first-order valence-corrected chi connectivity index (χ1v) is 6.00. The largest absolute Gasteiger partial charge is 0.399 e. The fourth-order valence-corrected chi connectivity index (χ4v) is 2.59. The van der Waals surface area contributed by atoms with Gasteiger partial charge in [-0.05, 0) is 24.1 Å². The van der Waals surface area contributed by atoms with E-state index in [1.54, 1.807) is 0 Å². The maximum absolute atomic E-state index is 11.8. The fourth-order valence-electron chi connectivity index (χ4n) is 2.59. The molecule has 0 aliphatic carbocycles. The van der Waals surface area contributed by atoms with Crippen LogP contribution in [0.25, 0.3) is 0 Å². The summed E-state index contributed by atoms with van der Waals surface area (Å²) in [4.78, 5) is 13.8. The molecule has 2 fully saturated rings. The summed E-state index contributed by atoms with van der Waals surface area (Å²) < 4.78 is 5.35. The molecule has 3 rings (SSSR count). The molecule has 0 radical (unpaired) electrons. The first-order valence-electron chi connectivity index (χ1n) is 6.00. The summed E-state index contributed by atoms with van der Waals surface area (Å²) in [5.74, 6) is 0.164. The van der Waals surface area contributed by atoms with Gasteiger partial charge >= 0.3 is 0 Å². The Hall–Kier alpha value is -1.55. The molecule has 1 aromatic carbocycles. The average Bonchev–Trinajstić information content (AvgIpc) is 2.90. The number of nitrogens with two attached hydrogens (primary N) is 1. The smallest absolute Gasteiger partial charge is 0.252 e. The van der Waals surface area contributed by atoms with Crippen molar-refractivity contribution in [1.29, 1.82) is 0 Å². The molecule has 0 spiro atoms. The molecule has 90 valence electrons. The quantitative estimate of drug-likeness (QED) is 0.785. The first kappa shape index (κ1) is 10.6. The second-order valence-corrected chi connectivity index (χ2v) is 4.73. The number of hydrogen-bond donors (Lipinski definition) is 1. The van der Waals surface area contributed by atoms with E-state index in [4.69, 9.17) is 10.5 Å². The van der Waals surface area contributed by atoms with Crippen molar-refractivity contribution in [2.45, 2.75) is 25.0 Å². The van der Waals surface area contributed by atoms with E-state index < -0.39 is 0 Å². The van der Waals surface area contributed by atoms with Gasteiger partial charge in [0.15, 0.2) is 0 Å². The Morgan fingerprint density at radius 2 is 2.12 bits per heavy atom. The van der Waals surface area contributed by atoms with E-state index in [2.05, 4.69) is 0 Å². The predicted molar refractivity (Wildman–Crippen MR) is 64.4 cm³/mol. The number of benzene rings is 1. The van der Waals surface area contributed by atoms with Crippen LogP contribution < -0.4 is 5.73 Å². The molecule has 0 aromatic heterocycles. The van der Waals surface area contributed by atoms with Gasteiger partial charge in [-0.3, -0.25) is 4.79 Å². The fraction of sp³-hybridized carbons (Fsp3) is 0.462. The zero-order valence-electron chi connectivity index (χ0n) is 9.63. The van der Waals surface area contributed by atoms with Crippen molar-refractivity contribution < 1.29 is 9.53 Å². The number of anilines is 1. The highest BCUT2D eigenvalue weighted by Gasteiger charge is 2.45. The third kappa shape index (κ3) is 1.89. The van der Waals surface area contributed by atoms with Gasteiger partial charge in [-0.1, -0.05) is 12.1 Å². The lowest BCUT2D eigenvalue weighted by molar-refractivity contribution is -0.143. The monoisotopic (exact) mass is 232 g/mol. The maximum atomic E-state index is 11.8. The van der Waals surface area contributed by atoms with E-state index in [-0.39, 0.29) is 12.0 Å². The number of likely N-dealkylation sites (tertiary alicyclic amines) is 1. The molecule has 2 bridgehead atoms. The molecule has 2 aliphatic heterocycles. The molecule has 2 heterocycles. The Labute approximate surface area is 100 Å². The minimum atomic E-state index is -0.161. The van der Waals surface area contributed by atoms with E-state index in [1.165, 1.54) is 5.56 Å². The molecular weight excluding hydrogens is 216 g/mol. The van der Waals surface area contributed by atoms with Gasteiger partial charge in [0.25, 0.3) is 5.91 Å². The molecule has 4 heteroatoms. The lowest BCUT2D eigenvalue weighted by atomic mass is 10.1. The van der Waals surface area contributed by atoms with Crippen LogP contribution in [0.15, 0.2) is 24.3 Å². The topological polar surface area (TPSA) is 55.6 Å². The second-order valence-electron chi connectivity index (χ2n) is 4.73. The van der Waals surface area contributed by atoms with Gasteiger partial charge in [0, 0.05) is 18.7 Å². The highest BCUT2D eigenvalue weighted by molar-refractivity contribution is 5.84. The number of nitrogen functional groups attached to an aromatic ring is 1. The highest BCUT2D eigenvalue weighted by atomic mass is 16.5. The Bertz CT molecular complexity index is 430. The van der Waals surface area contributed by atoms with Crippen molar-refractivity contribution in [3.8, 4) is 0 Å². The standard InChI is InChI=1S/C13H16N2O2/c14-10-3-1-9(2-4-10)5-6-15-11-7-12(13(15)16)17-8-11/h1-4,11-12H,5-8,14H2. The van der Waals surface area contributed by atoms with E-state index in [0.717, 1.165) is 25.1 Å². The second kappa shape index (κ2) is 4.04. The van der Waals surface area contributed by atoms with Crippen LogP contribution in [0.2, 0.25) is 0 Å². The molecule has 0 saturated carbocycles. The molecule has 2 N–H and O–H groups in total. The number of amides is 1. The third-order valence-electron chi connectivity index (χ3n) is 3.60. The normalized spacial score (nSPS) is 26.8. The van der Waals surface area contributed by atoms with Gasteiger partial charge in [0.2, 0.25) is 0 Å². The third-order valence-corrected chi connectivity index (χ3v) is 3.60. The maximum Gasteiger partial charge on any atom is 0.252 e. The molecule has 1 aromatic rings. The number of fused-ring (bicyclic) bond motifs is 2. The number of hydrogen-bond acceptors (Lipinski definition) is 3. The van der Waals surface area contributed by atoms with Gasteiger partial charge < -0.3 is 15.4 Å². The lowest BCUT2D eigenvalue weighted by Gasteiger charge is -2.26. The Balaban J connectivity index is 1.61. The minimum Gasteiger partial charge on any atom is -0.399 e. The lowest BCUT2D eigenvalue weighted by Crippen LogP contribution is -2.42. The average molecular weight is 232 g/mol. The number of ether oxygens (including phenoxy) is 1. The van der Waals surface area contributed by atoms with E-state index in [9.17, 15) is 4.79 Å². The van der Waals surface area contributed by atoms with Crippen LogP contribution >= 0.6 is 0 Å². The van der Waals surface area contributed by atoms with Crippen LogP contribution in [-0.2, 0) is 16.0 Å². The van der Waals surface area contributed by atoms with Crippen molar-refractivity contribution in [3.63, 3.8) is 0 Å². The van der Waals surface area contributed by atoms with E-state index in [1.807, 2.05) is 29.2 Å². The molecule has 2 aliphatic rings. The number of carbonyl (C=O) groups excluding carboxylic acids is 1. The van der Waals surface area contributed by atoms with E-state index >= 15 is 0 Å². The van der Waals surface area contributed by atoms with Crippen LogP contribution in [0.4, 0.5) is 5.69 Å². The number of morpholine rings is 1. The summed E-state index contributed by atoms with van der Waals surface area (Å²) in [6.07, 6.45) is 1.60. The summed E-state index contributed by atoms with van der Waals surface area (Å²) in [6, 6.07) is 8.14. The summed E-state index contributed by atoms with van der Waals surface area (Å²) >= 11 is 0. The van der Waals surface area contributed by atoms with Gasteiger partial charge in [0.1, 0.15) is 6.10 Å². The summed E-state index contributed by atoms with van der Waals surface area (Å²) in [6.45, 7) is 1.49. The van der Waals surface area contributed by atoms with Crippen molar-refractivity contribution >= 4 is 11.6 Å². The molecule has 1 amide bonds. The SMILES string of the molecule is Nc1ccc(CCN2C(=O)C3CC2CO3)cc1.